The van der Waals surface area contributed by atoms with E-state index in [0.29, 0.717) is 42.6 Å². The van der Waals surface area contributed by atoms with Gasteiger partial charge in [-0.3, -0.25) is 4.79 Å². The molecule has 0 bridgehead atoms. The molecule has 0 unspecified atom stereocenters. The number of para-hydroxylation sites is 2. The van der Waals surface area contributed by atoms with E-state index < -0.39 is 10.0 Å². The second-order valence-corrected chi connectivity index (χ2v) is 8.91. The first-order valence-corrected chi connectivity index (χ1v) is 10.7. The maximum absolute atomic E-state index is 12.7. The van der Waals surface area contributed by atoms with E-state index in [0.717, 1.165) is 4.90 Å². The predicted octanol–water partition coefficient (Wildman–Crippen LogP) is 0.876. The Kier molecular flexibility index (Phi) is 6.56. The fraction of sp³-hybridized carbons (Fsp3) is 0.316. The number of benzene rings is 2. The maximum atomic E-state index is 12.7. The van der Waals surface area contributed by atoms with Gasteiger partial charge < -0.3 is 15.0 Å². The van der Waals surface area contributed by atoms with Crippen LogP contribution in [0.4, 0.5) is 5.69 Å². The number of quaternary nitrogens is 1. The number of ether oxygens (including phenoxy) is 1. The molecule has 0 aromatic heterocycles. The second-order valence-electron chi connectivity index (χ2n) is 6.53. The van der Waals surface area contributed by atoms with E-state index in [1.807, 2.05) is 12.1 Å². The molecule has 1 aliphatic heterocycles. The summed E-state index contributed by atoms with van der Waals surface area (Å²) in [6, 6.07) is 13.4. The summed E-state index contributed by atoms with van der Waals surface area (Å²) < 4.78 is 32.1. The van der Waals surface area contributed by atoms with Crippen molar-refractivity contribution in [1.29, 1.82) is 0 Å². The maximum Gasteiger partial charge on any atom is 0.279 e. The van der Waals surface area contributed by atoms with E-state index in [4.69, 9.17) is 16.3 Å². The number of carbonyl (C=O) groups excluding carboxylic acids is 1. The molecule has 1 heterocycles. The van der Waals surface area contributed by atoms with E-state index in [2.05, 4.69) is 5.32 Å². The molecule has 0 saturated carbocycles. The average molecular weight is 425 g/mol. The zero-order chi connectivity index (χ0) is 20.1. The highest BCUT2D eigenvalue weighted by atomic mass is 35.5. The van der Waals surface area contributed by atoms with Gasteiger partial charge >= 0.3 is 0 Å². The number of hydrogen-bond acceptors (Lipinski definition) is 4. The molecule has 0 spiro atoms. The molecule has 3 rings (SSSR count). The molecule has 2 aromatic carbocycles. The fourth-order valence-corrected chi connectivity index (χ4v) is 4.71. The molecule has 1 amide bonds. The van der Waals surface area contributed by atoms with Crippen LogP contribution in [0.1, 0.15) is 0 Å². The lowest BCUT2D eigenvalue weighted by Gasteiger charge is -2.31. The van der Waals surface area contributed by atoms with Gasteiger partial charge in [0.15, 0.2) is 6.54 Å². The highest BCUT2D eigenvalue weighted by Crippen LogP contribution is 2.22. The number of anilines is 1. The zero-order valence-electron chi connectivity index (χ0n) is 15.5. The van der Waals surface area contributed by atoms with E-state index in [1.54, 1.807) is 31.4 Å². The molecule has 2 N–H and O–H groups in total. The van der Waals surface area contributed by atoms with Crippen LogP contribution < -0.4 is 15.0 Å². The summed E-state index contributed by atoms with van der Waals surface area (Å²) in [5, 5.41) is 3.35. The minimum Gasteiger partial charge on any atom is -0.495 e. The molecular formula is C19H23ClN3O4S+. The first kappa shape index (κ1) is 20.6. The van der Waals surface area contributed by atoms with Crippen LogP contribution in [-0.2, 0) is 14.8 Å². The number of methoxy groups -OCH3 is 1. The number of halogens is 1. The van der Waals surface area contributed by atoms with Crippen LogP contribution in [0.15, 0.2) is 53.4 Å². The van der Waals surface area contributed by atoms with Crippen molar-refractivity contribution in [3.8, 4) is 5.75 Å². The molecule has 1 aliphatic rings. The van der Waals surface area contributed by atoms with Gasteiger partial charge in [-0.25, -0.2) is 8.42 Å². The third kappa shape index (κ3) is 4.82. The van der Waals surface area contributed by atoms with Crippen LogP contribution in [0.2, 0.25) is 5.02 Å². The SMILES string of the molecule is COc1ccccc1NC(=O)C[NH+]1CCN(S(=O)(=O)c2ccc(Cl)cc2)CC1. The number of sulfonamides is 1. The average Bonchev–Trinajstić information content (AvgIpc) is 2.69. The Bertz CT molecular complexity index is 926. The summed E-state index contributed by atoms with van der Waals surface area (Å²) in [5.41, 5.74) is 0.623. The van der Waals surface area contributed by atoms with Crippen molar-refractivity contribution in [3.05, 3.63) is 53.6 Å². The number of nitrogens with one attached hydrogen (secondary N) is 2. The summed E-state index contributed by atoms with van der Waals surface area (Å²) in [4.78, 5) is 13.6. The van der Waals surface area contributed by atoms with Crippen LogP contribution in [0, 0.1) is 0 Å². The molecule has 150 valence electrons. The highest BCUT2D eigenvalue weighted by molar-refractivity contribution is 7.89. The standard InChI is InChI=1S/C19H22ClN3O4S/c1-27-18-5-3-2-4-17(18)21-19(24)14-22-10-12-23(13-11-22)28(25,26)16-8-6-15(20)7-9-16/h2-9H,10-14H2,1H3,(H,21,24)/p+1. The minimum atomic E-state index is -3.54. The summed E-state index contributed by atoms with van der Waals surface area (Å²) >= 11 is 5.83. The van der Waals surface area contributed by atoms with Crippen molar-refractivity contribution < 1.29 is 22.8 Å². The number of piperazine rings is 1. The Balaban J connectivity index is 1.55. The lowest BCUT2D eigenvalue weighted by Crippen LogP contribution is -3.15. The Hall–Kier alpha value is -2.13. The number of nitrogens with zero attached hydrogens (tertiary/aromatic N) is 1. The van der Waals surface area contributed by atoms with E-state index in [9.17, 15) is 13.2 Å². The molecule has 0 radical (unpaired) electrons. The molecule has 28 heavy (non-hydrogen) atoms. The summed E-state index contributed by atoms with van der Waals surface area (Å²) in [5.74, 6) is 0.471. The van der Waals surface area contributed by atoms with Crippen molar-refractivity contribution in [2.24, 2.45) is 0 Å². The van der Waals surface area contributed by atoms with E-state index >= 15 is 0 Å². The van der Waals surface area contributed by atoms with Gasteiger partial charge in [0.05, 0.1) is 43.9 Å². The first-order chi connectivity index (χ1) is 13.4. The second kappa shape index (κ2) is 8.91. The smallest absolute Gasteiger partial charge is 0.279 e. The molecule has 0 aliphatic carbocycles. The quantitative estimate of drug-likeness (QED) is 0.721. The van der Waals surface area contributed by atoms with Crippen LogP contribution in [0.25, 0.3) is 0 Å². The third-order valence-electron chi connectivity index (χ3n) is 4.67. The van der Waals surface area contributed by atoms with Gasteiger partial charge in [-0.05, 0) is 36.4 Å². The Morgan fingerprint density at radius 2 is 1.79 bits per heavy atom. The first-order valence-electron chi connectivity index (χ1n) is 8.92. The topological polar surface area (TPSA) is 80.2 Å². The summed E-state index contributed by atoms with van der Waals surface area (Å²) in [6.07, 6.45) is 0. The third-order valence-corrected chi connectivity index (χ3v) is 6.84. The van der Waals surface area contributed by atoms with Crippen molar-refractivity contribution in [3.63, 3.8) is 0 Å². The normalized spacial score (nSPS) is 15.9. The number of hydrogen-bond donors (Lipinski definition) is 2. The van der Waals surface area contributed by atoms with Gasteiger partial charge in [0, 0.05) is 5.02 Å². The van der Waals surface area contributed by atoms with Gasteiger partial charge in [-0.2, -0.15) is 4.31 Å². The highest BCUT2D eigenvalue weighted by Gasteiger charge is 2.31. The van der Waals surface area contributed by atoms with Gasteiger partial charge in [-0.15, -0.1) is 0 Å². The molecule has 0 atom stereocenters. The van der Waals surface area contributed by atoms with Gasteiger partial charge in [0.25, 0.3) is 5.91 Å². The Morgan fingerprint density at radius 1 is 1.14 bits per heavy atom. The minimum absolute atomic E-state index is 0.131. The number of carbonyl (C=O) groups is 1. The monoisotopic (exact) mass is 424 g/mol. The van der Waals surface area contributed by atoms with Gasteiger partial charge in [0.2, 0.25) is 10.0 Å². The molecular weight excluding hydrogens is 402 g/mol. The lowest BCUT2D eigenvalue weighted by molar-refractivity contribution is -0.895. The molecule has 1 fully saturated rings. The molecule has 9 heteroatoms. The fourth-order valence-electron chi connectivity index (χ4n) is 3.14. The van der Waals surface area contributed by atoms with Crippen LogP contribution in [-0.4, -0.2) is 58.5 Å². The Morgan fingerprint density at radius 3 is 2.43 bits per heavy atom. The molecule has 1 saturated heterocycles. The Labute approximate surface area is 169 Å². The lowest BCUT2D eigenvalue weighted by atomic mass is 10.3. The van der Waals surface area contributed by atoms with Gasteiger partial charge in [-0.1, -0.05) is 23.7 Å². The van der Waals surface area contributed by atoms with E-state index in [-0.39, 0.29) is 17.3 Å². The zero-order valence-corrected chi connectivity index (χ0v) is 17.1. The van der Waals surface area contributed by atoms with Crippen LogP contribution in [0.3, 0.4) is 0 Å². The van der Waals surface area contributed by atoms with Crippen LogP contribution >= 0.6 is 11.6 Å². The van der Waals surface area contributed by atoms with Crippen molar-refractivity contribution in [2.45, 2.75) is 4.90 Å². The van der Waals surface area contributed by atoms with Crippen molar-refractivity contribution >= 4 is 33.2 Å². The number of amides is 1. The summed E-state index contributed by atoms with van der Waals surface area (Å²) in [6.45, 7) is 2.12. The molecule has 7 nitrogen and oxygen atoms in total. The van der Waals surface area contributed by atoms with Gasteiger partial charge in [0.1, 0.15) is 5.75 Å². The number of rotatable bonds is 6. The van der Waals surface area contributed by atoms with E-state index in [1.165, 1.54) is 16.4 Å². The van der Waals surface area contributed by atoms with Crippen LogP contribution in [0.5, 0.6) is 5.75 Å². The molecule has 2 aromatic rings. The predicted molar refractivity (Wildman–Crippen MR) is 107 cm³/mol. The largest absolute Gasteiger partial charge is 0.495 e. The van der Waals surface area contributed by atoms with Crippen molar-refractivity contribution in [2.75, 3.05) is 45.2 Å². The van der Waals surface area contributed by atoms with Crippen molar-refractivity contribution in [1.82, 2.24) is 4.31 Å². The summed E-state index contributed by atoms with van der Waals surface area (Å²) in [7, 11) is -1.99.